The molecule has 1 heterocycles. The van der Waals surface area contributed by atoms with Gasteiger partial charge in [-0.1, -0.05) is 6.07 Å². The summed E-state index contributed by atoms with van der Waals surface area (Å²) < 4.78 is 0. The van der Waals surface area contributed by atoms with Gasteiger partial charge in [0.1, 0.15) is 5.78 Å². The first-order valence-electron chi connectivity index (χ1n) is 4.36. The predicted molar refractivity (Wildman–Crippen MR) is 60.6 cm³/mol. The molecule has 0 aromatic carbocycles. The number of Topliss-reactive ketones (excluding diaryl/α,β-unsaturated/α-hetero) is 1. The van der Waals surface area contributed by atoms with Gasteiger partial charge in [0, 0.05) is 11.3 Å². The van der Waals surface area contributed by atoms with Crippen LogP contribution in [0, 0.1) is 0 Å². The van der Waals surface area contributed by atoms with Crippen molar-refractivity contribution >= 4 is 28.9 Å². The first kappa shape index (κ1) is 10.8. The molecule has 13 heavy (non-hydrogen) atoms. The standard InChI is InChI=1S/C10H14OS2/c1-12-8-9(11)4-2-5-10-6-3-7-13-10/h3,6-7H,2,4-5,8H2,1H3. The van der Waals surface area contributed by atoms with E-state index in [1.807, 2.05) is 6.26 Å². The summed E-state index contributed by atoms with van der Waals surface area (Å²) in [7, 11) is 0. The number of carbonyl (C=O) groups excluding carboxylic acids is 1. The summed E-state index contributed by atoms with van der Waals surface area (Å²) in [5, 5.41) is 2.08. The number of thioether (sulfide) groups is 1. The molecule has 0 saturated heterocycles. The summed E-state index contributed by atoms with van der Waals surface area (Å²) in [4.78, 5) is 12.5. The fourth-order valence-corrected chi connectivity index (χ4v) is 2.37. The number of carbonyl (C=O) groups is 1. The first-order valence-corrected chi connectivity index (χ1v) is 6.63. The van der Waals surface area contributed by atoms with E-state index in [1.54, 1.807) is 23.1 Å². The molecule has 1 nitrogen and oxygen atoms in total. The third kappa shape index (κ3) is 4.48. The normalized spacial score (nSPS) is 10.2. The molecule has 0 unspecified atom stereocenters. The second-order valence-corrected chi connectivity index (χ2v) is 4.80. The zero-order chi connectivity index (χ0) is 9.52. The lowest BCUT2D eigenvalue weighted by Crippen LogP contribution is -2.00. The monoisotopic (exact) mass is 214 g/mol. The molecule has 0 atom stereocenters. The lowest BCUT2D eigenvalue weighted by Gasteiger charge is -1.97. The maximum Gasteiger partial charge on any atom is 0.142 e. The Labute approximate surface area is 87.5 Å². The summed E-state index contributed by atoms with van der Waals surface area (Å²) in [6.45, 7) is 0. The van der Waals surface area contributed by atoms with Crippen molar-refractivity contribution in [3.63, 3.8) is 0 Å². The van der Waals surface area contributed by atoms with Gasteiger partial charge in [-0.05, 0) is 30.5 Å². The Kier molecular flexibility index (Phi) is 5.16. The zero-order valence-electron chi connectivity index (χ0n) is 7.79. The average Bonchev–Trinajstić information content (AvgIpc) is 2.57. The molecule has 0 bridgehead atoms. The quantitative estimate of drug-likeness (QED) is 0.724. The van der Waals surface area contributed by atoms with Crippen molar-refractivity contribution in [2.45, 2.75) is 19.3 Å². The molecule has 0 amide bonds. The Morgan fingerprint density at radius 3 is 3.08 bits per heavy atom. The minimum absolute atomic E-state index is 0.379. The molecule has 72 valence electrons. The minimum Gasteiger partial charge on any atom is -0.299 e. The molecule has 1 aromatic rings. The van der Waals surface area contributed by atoms with Crippen LogP contribution in [0.15, 0.2) is 17.5 Å². The minimum atomic E-state index is 0.379. The van der Waals surface area contributed by atoms with E-state index in [0.29, 0.717) is 11.5 Å². The molecule has 3 heteroatoms. The van der Waals surface area contributed by atoms with Gasteiger partial charge < -0.3 is 0 Å². The second-order valence-electron chi connectivity index (χ2n) is 2.90. The molecule has 0 spiro atoms. The number of hydrogen-bond donors (Lipinski definition) is 0. The number of thiophene rings is 1. The van der Waals surface area contributed by atoms with Crippen molar-refractivity contribution in [3.05, 3.63) is 22.4 Å². The lowest BCUT2D eigenvalue weighted by atomic mass is 10.2. The van der Waals surface area contributed by atoms with E-state index in [2.05, 4.69) is 17.5 Å². The molecule has 0 saturated carbocycles. The van der Waals surface area contributed by atoms with E-state index in [0.717, 1.165) is 19.3 Å². The predicted octanol–water partition coefficient (Wildman–Crippen LogP) is 3.00. The first-order chi connectivity index (χ1) is 6.33. The van der Waals surface area contributed by atoms with Crippen LogP contribution in [0.5, 0.6) is 0 Å². The molecule has 0 aliphatic carbocycles. The smallest absolute Gasteiger partial charge is 0.142 e. The molecule has 0 radical (unpaired) electrons. The number of aryl methyl sites for hydroxylation is 1. The Balaban J connectivity index is 2.11. The van der Waals surface area contributed by atoms with Crippen molar-refractivity contribution in [2.75, 3.05) is 12.0 Å². The van der Waals surface area contributed by atoms with Gasteiger partial charge in [0.05, 0.1) is 5.75 Å². The van der Waals surface area contributed by atoms with Gasteiger partial charge in [-0.3, -0.25) is 4.79 Å². The topological polar surface area (TPSA) is 17.1 Å². The average molecular weight is 214 g/mol. The SMILES string of the molecule is CSCC(=O)CCCc1cccs1. The van der Waals surface area contributed by atoms with Crippen LogP contribution in [0.1, 0.15) is 17.7 Å². The summed E-state index contributed by atoms with van der Waals surface area (Å²) in [5.41, 5.74) is 0. The molecular formula is C10H14OS2. The Morgan fingerprint density at radius 2 is 2.46 bits per heavy atom. The van der Waals surface area contributed by atoms with E-state index < -0.39 is 0 Å². The maximum absolute atomic E-state index is 11.2. The van der Waals surface area contributed by atoms with Crippen molar-refractivity contribution < 1.29 is 4.79 Å². The largest absolute Gasteiger partial charge is 0.299 e. The van der Waals surface area contributed by atoms with Crippen molar-refractivity contribution in [1.29, 1.82) is 0 Å². The lowest BCUT2D eigenvalue weighted by molar-refractivity contribution is -0.116. The van der Waals surface area contributed by atoms with Gasteiger partial charge in [0.15, 0.2) is 0 Å². The highest BCUT2D eigenvalue weighted by molar-refractivity contribution is 7.99. The van der Waals surface area contributed by atoms with Crippen LogP contribution in [0.3, 0.4) is 0 Å². The Morgan fingerprint density at radius 1 is 1.62 bits per heavy atom. The van der Waals surface area contributed by atoms with Crippen LogP contribution in [-0.4, -0.2) is 17.8 Å². The molecule has 0 fully saturated rings. The fourth-order valence-electron chi connectivity index (χ4n) is 1.15. The van der Waals surface area contributed by atoms with Gasteiger partial charge in [-0.15, -0.1) is 11.3 Å². The summed E-state index contributed by atoms with van der Waals surface area (Å²) >= 11 is 3.38. The van der Waals surface area contributed by atoms with Crippen molar-refractivity contribution in [1.82, 2.24) is 0 Å². The summed E-state index contributed by atoms with van der Waals surface area (Å²) in [5.74, 6) is 1.05. The van der Waals surface area contributed by atoms with Crippen molar-refractivity contribution in [3.8, 4) is 0 Å². The number of hydrogen-bond acceptors (Lipinski definition) is 3. The maximum atomic E-state index is 11.2. The van der Waals surface area contributed by atoms with Gasteiger partial charge >= 0.3 is 0 Å². The summed E-state index contributed by atoms with van der Waals surface area (Å²) in [6, 6.07) is 4.19. The Hall–Kier alpha value is -0.280. The van der Waals surface area contributed by atoms with E-state index in [1.165, 1.54) is 4.88 Å². The second kappa shape index (κ2) is 6.22. The highest BCUT2D eigenvalue weighted by atomic mass is 32.2. The summed E-state index contributed by atoms with van der Waals surface area (Å²) in [6.07, 6.45) is 4.76. The number of rotatable bonds is 6. The molecule has 0 N–H and O–H groups in total. The zero-order valence-corrected chi connectivity index (χ0v) is 9.42. The molecular weight excluding hydrogens is 200 g/mol. The van der Waals surface area contributed by atoms with Gasteiger partial charge in [0.2, 0.25) is 0 Å². The highest BCUT2D eigenvalue weighted by Gasteiger charge is 2.00. The molecule has 0 aliphatic rings. The fraction of sp³-hybridized carbons (Fsp3) is 0.500. The van der Waals surface area contributed by atoms with Crippen molar-refractivity contribution in [2.24, 2.45) is 0 Å². The van der Waals surface area contributed by atoms with E-state index in [9.17, 15) is 4.79 Å². The molecule has 1 rings (SSSR count). The third-order valence-corrected chi connectivity index (χ3v) is 3.31. The van der Waals surface area contributed by atoms with Gasteiger partial charge in [0.25, 0.3) is 0 Å². The van der Waals surface area contributed by atoms with Crippen LogP contribution >= 0.6 is 23.1 Å². The number of ketones is 1. The van der Waals surface area contributed by atoms with Gasteiger partial charge in [-0.2, -0.15) is 11.8 Å². The van der Waals surface area contributed by atoms with Crippen LogP contribution in [-0.2, 0) is 11.2 Å². The molecule has 1 aromatic heterocycles. The van der Waals surface area contributed by atoms with Crippen LogP contribution in [0.25, 0.3) is 0 Å². The third-order valence-electron chi connectivity index (χ3n) is 1.76. The highest BCUT2D eigenvalue weighted by Crippen LogP contribution is 2.12. The van der Waals surface area contributed by atoms with E-state index >= 15 is 0 Å². The van der Waals surface area contributed by atoms with Gasteiger partial charge in [-0.25, -0.2) is 0 Å². The Bertz CT molecular complexity index is 241. The van der Waals surface area contributed by atoms with E-state index in [4.69, 9.17) is 0 Å². The van der Waals surface area contributed by atoms with Crippen LogP contribution in [0.2, 0.25) is 0 Å². The van der Waals surface area contributed by atoms with Crippen LogP contribution in [0.4, 0.5) is 0 Å². The van der Waals surface area contributed by atoms with Crippen LogP contribution < -0.4 is 0 Å². The molecule has 0 aliphatic heterocycles. The van der Waals surface area contributed by atoms with E-state index in [-0.39, 0.29) is 0 Å².